The Kier molecular flexibility index (Phi) is 4.89. The minimum absolute atomic E-state index is 0.0331. The van der Waals surface area contributed by atoms with E-state index in [1.54, 1.807) is 24.4 Å². The number of hydrogen-bond acceptors (Lipinski definition) is 4. The minimum atomic E-state index is -0.185. The zero-order chi connectivity index (χ0) is 17.0. The number of pyridine rings is 1. The Bertz CT molecular complexity index is 688. The van der Waals surface area contributed by atoms with E-state index in [-0.39, 0.29) is 11.3 Å². The molecule has 5 heteroatoms. The maximum absolute atomic E-state index is 12.0. The van der Waals surface area contributed by atoms with Gasteiger partial charge in [0.1, 0.15) is 17.2 Å². The molecule has 0 atom stereocenters. The number of nitrogens with two attached hydrogens (primary N) is 1. The van der Waals surface area contributed by atoms with E-state index in [4.69, 9.17) is 10.5 Å². The zero-order valence-electron chi connectivity index (χ0n) is 14.0. The number of aryl methyl sites for hydroxylation is 1. The van der Waals surface area contributed by atoms with Gasteiger partial charge in [-0.1, -0.05) is 20.8 Å². The lowest BCUT2D eigenvalue weighted by molar-refractivity contribution is 0.0934. The molecule has 1 amide bonds. The maximum atomic E-state index is 12.0. The Balaban J connectivity index is 2.03. The Morgan fingerprint density at radius 2 is 2.00 bits per heavy atom. The van der Waals surface area contributed by atoms with Gasteiger partial charge in [-0.05, 0) is 48.2 Å². The molecule has 0 fully saturated rings. The van der Waals surface area contributed by atoms with Gasteiger partial charge in [0.05, 0.1) is 6.20 Å². The van der Waals surface area contributed by atoms with E-state index in [0.29, 0.717) is 29.4 Å². The molecule has 0 aliphatic rings. The van der Waals surface area contributed by atoms with Gasteiger partial charge in [-0.15, -0.1) is 0 Å². The van der Waals surface area contributed by atoms with Crippen molar-refractivity contribution in [2.75, 3.05) is 12.3 Å². The zero-order valence-corrected chi connectivity index (χ0v) is 14.0. The third kappa shape index (κ3) is 4.98. The van der Waals surface area contributed by atoms with Crippen LogP contribution in [0.3, 0.4) is 0 Å². The molecule has 0 aliphatic carbocycles. The predicted octanol–water partition coefficient (Wildman–Crippen LogP) is 3.54. The molecule has 0 aliphatic heterocycles. The number of carbonyl (C=O) groups is 1. The van der Waals surface area contributed by atoms with Gasteiger partial charge in [0.15, 0.2) is 0 Å². The molecule has 1 aromatic carbocycles. The number of rotatable bonds is 4. The van der Waals surface area contributed by atoms with Crippen molar-refractivity contribution in [2.45, 2.75) is 27.7 Å². The van der Waals surface area contributed by atoms with Crippen molar-refractivity contribution in [3.8, 4) is 11.5 Å². The Labute approximate surface area is 136 Å². The van der Waals surface area contributed by atoms with Gasteiger partial charge in [-0.25, -0.2) is 4.98 Å². The van der Waals surface area contributed by atoms with Crippen molar-refractivity contribution in [2.24, 2.45) is 5.41 Å². The second-order valence-corrected chi connectivity index (χ2v) is 6.75. The second kappa shape index (κ2) is 6.69. The molecule has 0 unspecified atom stereocenters. The lowest BCUT2D eigenvalue weighted by atomic mass is 9.97. The van der Waals surface area contributed by atoms with Gasteiger partial charge >= 0.3 is 0 Å². The predicted molar refractivity (Wildman–Crippen MR) is 91.7 cm³/mol. The van der Waals surface area contributed by atoms with Crippen LogP contribution in [0, 0.1) is 12.3 Å². The van der Waals surface area contributed by atoms with Crippen molar-refractivity contribution in [3.05, 3.63) is 47.8 Å². The molecule has 122 valence electrons. The Hall–Kier alpha value is -2.56. The summed E-state index contributed by atoms with van der Waals surface area (Å²) in [7, 11) is 0. The standard InChI is InChI=1S/C18H23N3O2/c1-12-9-13(19)5-8-16(12)23-14-6-7-15(20-10-14)17(22)21-11-18(2,3)4/h5-10H,11,19H2,1-4H3,(H,21,22). The van der Waals surface area contributed by atoms with Gasteiger partial charge in [0.2, 0.25) is 0 Å². The van der Waals surface area contributed by atoms with E-state index < -0.39 is 0 Å². The van der Waals surface area contributed by atoms with Crippen molar-refractivity contribution in [3.63, 3.8) is 0 Å². The van der Waals surface area contributed by atoms with E-state index in [9.17, 15) is 4.79 Å². The minimum Gasteiger partial charge on any atom is -0.455 e. The number of benzene rings is 1. The van der Waals surface area contributed by atoms with Gasteiger partial charge in [-0.3, -0.25) is 4.79 Å². The highest BCUT2D eigenvalue weighted by molar-refractivity contribution is 5.92. The van der Waals surface area contributed by atoms with E-state index in [0.717, 1.165) is 5.56 Å². The molecule has 5 nitrogen and oxygen atoms in total. The summed E-state index contributed by atoms with van der Waals surface area (Å²) in [6, 6.07) is 8.82. The Morgan fingerprint density at radius 1 is 1.26 bits per heavy atom. The number of anilines is 1. The van der Waals surface area contributed by atoms with Crippen LogP contribution in [-0.4, -0.2) is 17.4 Å². The summed E-state index contributed by atoms with van der Waals surface area (Å²) in [4.78, 5) is 16.2. The number of ether oxygens (including phenoxy) is 1. The van der Waals surface area contributed by atoms with Crippen molar-refractivity contribution >= 4 is 11.6 Å². The first-order valence-electron chi connectivity index (χ1n) is 7.53. The lowest BCUT2D eigenvalue weighted by Crippen LogP contribution is -2.32. The van der Waals surface area contributed by atoms with Crippen LogP contribution in [0.4, 0.5) is 5.69 Å². The topological polar surface area (TPSA) is 77.2 Å². The van der Waals surface area contributed by atoms with Crippen molar-refractivity contribution < 1.29 is 9.53 Å². The van der Waals surface area contributed by atoms with Crippen LogP contribution in [0.2, 0.25) is 0 Å². The fraction of sp³-hybridized carbons (Fsp3) is 0.333. The fourth-order valence-corrected chi connectivity index (χ4v) is 1.93. The number of amides is 1. The van der Waals surface area contributed by atoms with Crippen LogP contribution >= 0.6 is 0 Å². The summed E-state index contributed by atoms with van der Waals surface area (Å²) in [6.07, 6.45) is 1.54. The SMILES string of the molecule is Cc1cc(N)ccc1Oc1ccc(C(=O)NCC(C)(C)C)nc1. The molecule has 2 rings (SSSR count). The molecule has 0 saturated heterocycles. The first-order valence-corrected chi connectivity index (χ1v) is 7.53. The molecule has 0 spiro atoms. The van der Waals surface area contributed by atoms with E-state index >= 15 is 0 Å². The molecule has 0 saturated carbocycles. The third-order valence-electron chi connectivity index (χ3n) is 3.18. The molecular weight excluding hydrogens is 290 g/mol. The second-order valence-electron chi connectivity index (χ2n) is 6.75. The number of hydrogen-bond donors (Lipinski definition) is 2. The van der Waals surface area contributed by atoms with E-state index in [1.165, 1.54) is 0 Å². The molecule has 1 heterocycles. The highest BCUT2D eigenvalue weighted by atomic mass is 16.5. The van der Waals surface area contributed by atoms with E-state index in [2.05, 4.69) is 31.1 Å². The Morgan fingerprint density at radius 3 is 2.57 bits per heavy atom. The summed E-state index contributed by atoms with van der Waals surface area (Å²) in [5.74, 6) is 1.10. The van der Waals surface area contributed by atoms with Gasteiger partial charge in [0.25, 0.3) is 5.91 Å². The van der Waals surface area contributed by atoms with Crippen LogP contribution in [-0.2, 0) is 0 Å². The van der Waals surface area contributed by atoms with Crippen LogP contribution in [0.5, 0.6) is 11.5 Å². The van der Waals surface area contributed by atoms with Gasteiger partial charge in [-0.2, -0.15) is 0 Å². The molecule has 3 N–H and O–H groups in total. The number of carbonyl (C=O) groups excluding carboxylic acids is 1. The van der Waals surface area contributed by atoms with E-state index in [1.807, 2.05) is 19.1 Å². The molecular formula is C18H23N3O2. The fourth-order valence-electron chi connectivity index (χ4n) is 1.93. The molecule has 2 aromatic rings. The summed E-state index contributed by atoms with van der Waals surface area (Å²) in [5, 5.41) is 2.87. The van der Waals surface area contributed by atoms with Gasteiger partial charge < -0.3 is 15.8 Å². The molecule has 23 heavy (non-hydrogen) atoms. The first-order chi connectivity index (χ1) is 10.7. The first kappa shape index (κ1) is 16.8. The smallest absolute Gasteiger partial charge is 0.269 e. The number of nitrogen functional groups attached to an aromatic ring is 1. The van der Waals surface area contributed by atoms with Crippen molar-refractivity contribution in [1.82, 2.24) is 10.3 Å². The quantitative estimate of drug-likeness (QED) is 0.846. The van der Waals surface area contributed by atoms with Crippen molar-refractivity contribution in [1.29, 1.82) is 0 Å². The van der Waals surface area contributed by atoms with Gasteiger partial charge in [0, 0.05) is 12.2 Å². The average Bonchev–Trinajstić information content (AvgIpc) is 2.48. The summed E-state index contributed by atoms with van der Waals surface area (Å²) >= 11 is 0. The van der Waals surface area contributed by atoms with Crippen LogP contribution < -0.4 is 15.8 Å². The molecule has 0 bridgehead atoms. The number of aromatic nitrogens is 1. The average molecular weight is 313 g/mol. The largest absolute Gasteiger partial charge is 0.455 e. The molecule has 1 aromatic heterocycles. The molecule has 0 radical (unpaired) electrons. The summed E-state index contributed by atoms with van der Waals surface area (Å²) in [6.45, 7) is 8.70. The summed E-state index contributed by atoms with van der Waals surface area (Å²) in [5.41, 5.74) is 7.76. The summed E-state index contributed by atoms with van der Waals surface area (Å²) < 4.78 is 5.76. The normalized spacial score (nSPS) is 11.1. The lowest BCUT2D eigenvalue weighted by Gasteiger charge is -2.18. The highest BCUT2D eigenvalue weighted by Gasteiger charge is 2.14. The van der Waals surface area contributed by atoms with Crippen LogP contribution in [0.15, 0.2) is 36.5 Å². The monoisotopic (exact) mass is 313 g/mol. The maximum Gasteiger partial charge on any atom is 0.269 e. The third-order valence-corrected chi connectivity index (χ3v) is 3.18. The number of nitrogens with one attached hydrogen (secondary N) is 1. The highest BCUT2D eigenvalue weighted by Crippen LogP contribution is 2.26. The van der Waals surface area contributed by atoms with Crippen LogP contribution in [0.1, 0.15) is 36.8 Å². The number of nitrogens with zero attached hydrogens (tertiary/aromatic N) is 1. The van der Waals surface area contributed by atoms with Crippen LogP contribution in [0.25, 0.3) is 0 Å².